The molecule has 4 heteroatoms. The van der Waals surface area contributed by atoms with Gasteiger partial charge in [-0.3, -0.25) is 9.59 Å². The number of carbonyl (C=O) groups is 2. The van der Waals surface area contributed by atoms with E-state index in [4.69, 9.17) is 0 Å². The van der Waals surface area contributed by atoms with Crippen LogP contribution in [0.1, 0.15) is 84.3 Å². The van der Waals surface area contributed by atoms with Gasteiger partial charge in [0.05, 0.1) is 10.7 Å². The monoisotopic (exact) mass is 494 g/mol. The zero-order valence-corrected chi connectivity index (χ0v) is 19.0. The number of carbonyl (C=O) groups excluding carboxylic acids is 2. The van der Waals surface area contributed by atoms with Crippen LogP contribution in [-0.4, -0.2) is 22.2 Å². The summed E-state index contributed by atoms with van der Waals surface area (Å²) in [6, 6.07) is 4.35. The summed E-state index contributed by atoms with van der Waals surface area (Å²) in [7, 11) is 0. The lowest BCUT2D eigenvalue weighted by Gasteiger charge is -2.29. The van der Waals surface area contributed by atoms with Crippen molar-refractivity contribution in [2.75, 3.05) is 10.7 Å². The number of hydrogen-bond donors (Lipinski definition) is 0. The van der Waals surface area contributed by atoms with Gasteiger partial charge in [-0.2, -0.15) is 0 Å². The first-order valence-corrected chi connectivity index (χ1v) is 12.6. The van der Waals surface area contributed by atoms with Crippen LogP contribution in [0.15, 0.2) is 12.1 Å². The summed E-state index contributed by atoms with van der Waals surface area (Å²) in [5.41, 5.74) is 5.72. The Morgan fingerprint density at radius 2 is 1.59 bits per heavy atom. The van der Waals surface area contributed by atoms with Crippen LogP contribution in [-0.2, 0) is 17.6 Å². The van der Waals surface area contributed by atoms with Gasteiger partial charge in [-0.15, -0.1) is 0 Å². The Kier molecular flexibility index (Phi) is 5.95. The van der Waals surface area contributed by atoms with Crippen LogP contribution in [0.4, 0.5) is 0 Å². The molecule has 3 aliphatic carbocycles. The van der Waals surface area contributed by atoms with E-state index in [1.165, 1.54) is 48.8 Å². The van der Waals surface area contributed by atoms with E-state index in [9.17, 15) is 9.59 Å². The maximum Gasteiger partial charge on any atom is 0.173 e. The van der Waals surface area contributed by atoms with E-state index < -0.39 is 0 Å². The summed E-state index contributed by atoms with van der Waals surface area (Å²) in [6.07, 6.45) is 11.8. The van der Waals surface area contributed by atoms with Gasteiger partial charge in [0.2, 0.25) is 0 Å². The minimum atomic E-state index is 0.222. The van der Waals surface area contributed by atoms with Crippen molar-refractivity contribution in [2.45, 2.75) is 70.1 Å². The van der Waals surface area contributed by atoms with E-state index in [-0.39, 0.29) is 11.7 Å². The van der Waals surface area contributed by atoms with E-state index in [1.807, 2.05) is 0 Å². The summed E-state index contributed by atoms with van der Waals surface area (Å²) in [5.74, 6) is 1.38. The van der Waals surface area contributed by atoms with Gasteiger partial charge in [0.15, 0.2) is 5.78 Å². The Morgan fingerprint density at radius 3 is 2.22 bits per heavy atom. The van der Waals surface area contributed by atoms with Gasteiger partial charge in [0.1, 0.15) is 5.78 Å². The maximum absolute atomic E-state index is 12.5. The SMILES string of the molecule is O=C(CBr)c1ccc(C2CCC(C(=O)CBr)CC2)c2c1CC1(CCCC1)C2. The molecule has 2 saturated carbocycles. The first kappa shape index (κ1) is 19.8. The molecule has 27 heavy (non-hydrogen) atoms. The highest BCUT2D eigenvalue weighted by atomic mass is 79.9. The zero-order valence-electron chi connectivity index (χ0n) is 15.9. The molecule has 1 aromatic rings. The fourth-order valence-electron chi connectivity index (χ4n) is 5.96. The third kappa shape index (κ3) is 3.73. The Morgan fingerprint density at radius 1 is 0.926 bits per heavy atom. The number of ketones is 2. The van der Waals surface area contributed by atoms with Gasteiger partial charge in [-0.25, -0.2) is 0 Å². The first-order chi connectivity index (χ1) is 13.1. The minimum absolute atomic E-state index is 0.222. The molecule has 0 aromatic heterocycles. The average Bonchev–Trinajstić information content (AvgIpc) is 3.32. The second-order valence-electron chi connectivity index (χ2n) is 8.93. The predicted octanol–water partition coefficient (Wildman–Crippen LogP) is 6.16. The third-order valence-electron chi connectivity index (χ3n) is 7.41. The van der Waals surface area contributed by atoms with Crippen LogP contribution in [0, 0.1) is 11.3 Å². The smallest absolute Gasteiger partial charge is 0.173 e. The molecule has 0 amide bonds. The van der Waals surface area contributed by atoms with Crippen LogP contribution < -0.4 is 0 Å². The van der Waals surface area contributed by atoms with Gasteiger partial charge in [-0.1, -0.05) is 56.8 Å². The molecule has 1 spiro atoms. The third-order valence-corrected chi connectivity index (χ3v) is 8.47. The first-order valence-electron chi connectivity index (χ1n) is 10.4. The second-order valence-corrected chi connectivity index (χ2v) is 10.0. The van der Waals surface area contributed by atoms with Gasteiger partial charge in [-0.05, 0) is 79.4 Å². The van der Waals surface area contributed by atoms with Gasteiger partial charge in [0, 0.05) is 11.5 Å². The zero-order chi connectivity index (χ0) is 19.0. The molecule has 2 nitrogen and oxygen atoms in total. The molecule has 3 aliphatic rings. The molecule has 0 unspecified atom stereocenters. The molecule has 4 rings (SSSR count). The molecule has 0 N–H and O–H groups in total. The molecule has 0 saturated heterocycles. The molecule has 2 fully saturated rings. The Bertz CT molecular complexity index is 741. The number of benzene rings is 1. The van der Waals surface area contributed by atoms with Crippen molar-refractivity contribution in [3.05, 3.63) is 34.4 Å². The Labute approximate surface area is 179 Å². The van der Waals surface area contributed by atoms with Crippen molar-refractivity contribution in [3.8, 4) is 0 Å². The summed E-state index contributed by atoms with van der Waals surface area (Å²) in [5, 5.41) is 0.898. The standard InChI is InChI=1S/C23H28Br2O2/c24-13-21(26)16-5-3-15(4-6-16)17-7-8-18(22(27)14-25)20-12-23(11-19(17)20)9-1-2-10-23/h7-8,15-16H,1-6,9-14H2. The van der Waals surface area contributed by atoms with Crippen molar-refractivity contribution in [2.24, 2.45) is 11.3 Å². The van der Waals surface area contributed by atoms with Crippen LogP contribution in [0.3, 0.4) is 0 Å². The average molecular weight is 496 g/mol. The van der Waals surface area contributed by atoms with Crippen LogP contribution in [0.25, 0.3) is 0 Å². The molecule has 0 atom stereocenters. The van der Waals surface area contributed by atoms with Crippen LogP contribution >= 0.6 is 31.9 Å². The van der Waals surface area contributed by atoms with Crippen molar-refractivity contribution in [1.29, 1.82) is 0 Å². The van der Waals surface area contributed by atoms with E-state index in [0.717, 1.165) is 37.7 Å². The van der Waals surface area contributed by atoms with Gasteiger partial charge >= 0.3 is 0 Å². The van der Waals surface area contributed by atoms with E-state index in [2.05, 4.69) is 44.0 Å². The molecule has 0 heterocycles. The molecule has 0 radical (unpaired) electrons. The number of fused-ring (bicyclic) bond motifs is 1. The lowest BCUT2D eigenvalue weighted by atomic mass is 9.75. The van der Waals surface area contributed by atoms with E-state index in [0.29, 0.717) is 27.8 Å². The lowest BCUT2D eigenvalue weighted by molar-refractivity contribution is -0.121. The topological polar surface area (TPSA) is 34.1 Å². The highest BCUT2D eigenvalue weighted by Crippen LogP contribution is 2.52. The van der Waals surface area contributed by atoms with Crippen molar-refractivity contribution < 1.29 is 9.59 Å². The van der Waals surface area contributed by atoms with Crippen molar-refractivity contribution >= 4 is 43.4 Å². The highest BCUT2D eigenvalue weighted by molar-refractivity contribution is 9.09. The van der Waals surface area contributed by atoms with E-state index in [1.54, 1.807) is 0 Å². The molecule has 146 valence electrons. The molecule has 0 bridgehead atoms. The molecule has 0 aliphatic heterocycles. The van der Waals surface area contributed by atoms with E-state index >= 15 is 0 Å². The maximum atomic E-state index is 12.5. The predicted molar refractivity (Wildman–Crippen MR) is 116 cm³/mol. The van der Waals surface area contributed by atoms with Gasteiger partial charge in [0.25, 0.3) is 0 Å². The largest absolute Gasteiger partial charge is 0.298 e. The molecular weight excluding hydrogens is 468 g/mol. The highest BCUT2D eigenvalue weighted by Gasteiger charge is 2.42. The summed E-state index contributed by atoms with van der Waals surface area (Å²) in [6.45, 7) is 0. The molecule has 1 aromatic carbocycles. The quantitative estimate of drug-likeness (QED) is 0.362. The summed E-state index contributed by atoms with van der Waals surface area (Å²) >= 11 is 6.70. The van der Waals surface area contributed by atoms with Crippen LogP contribution in [0.2, 0.25) is 0 Å². The Hall–Kier alpha value is -0.480. The number of Topliss-reactive ketones (excluding diaryl/α,β-unsaturated/α-hetero) is 2. The second kappa shape index (κ2) is 8.10. The fraction of sp³-hybridized carbons (Fsp3) is 0.652. The number of hydrogen-bond acceptors (Lipinski definition) is 2. The van der Waals surface area contributed by atoms with Crippen molar-refractivity contribution in [3.63, 3.8) is 0 Å². The minimum Gasteiger partial charge on any atom is -0.298 e. The molecular formula is C23H28Br2O2. The number of halogens is 2. The Balaban J connectivity index is 1.63. The normalized spacial score (nSPS) is 26.3. The van der Waals surface area contributed by atoms with Crippen LogP contribution in [0.5, 0.6) is 0 Å². The number of alkyl halides is 2. The summed E-state index contributed by atoms with van der Waals surface area (Å²) < 4.78 is 0. The number of rotatable bonds is 5. The fourth-order valence-corrected chi connectivity index (χ4v) is 6.72. The summed E-state index contributed by atoms with van der Waals surface area (Å²) in [4.78, 5) is 24.6. The van der Waals surface area contributed by atoms with Gasteiger partial charge < -0.3 is 0 Å². The lowest BCUT2D eigenvalue weighted by Crippen LogP contribution is -2.22. The van der Waals surface area contributed by atoms with Crippen molar-refractivity contribution in [1.82, 2.24) is 0 Å².